The third-order valence-electron chi connectivity index (χ3n) is 7.94. The minimum absolute atomic E-state index is 0.0673. The van der Waals surface area contributed by atoms with Gasteiger partial charge < -0.3 is 0 Å². The first-order valence-corrected chi connectivity index (χ1v) is 11.5. The molecule has 32 heavy (non-hydrogen) atoms. The molecule has 0 spiro atoms. The summed E-state index contributed by atoms with van der Waals surface area (Å²) < 4.78 is 0. The average Bonchev–Trinajstić information content (AvgIpc) is 2.81. The van der Waals surface area contributed by atoms with Gasteiger partial charge in [0.2, 0.25) is 0 Å². The van der Waals surface area contributed by atoms with E-state index in [-0.39, 0.29) is 10.8 Å². The van der Waals surface area contributed by atoms with Crippen molar-refractivity contribution in [1.29, 1.82) is 0 Å². The van der Waals surface area contributed by atoms with Crippen molar-refractivity contribution in [2.45, 2.75) is 38.5 Å². The van der Waals surface area contributed by atoms with Crippen LogP contribution in [0.2, 0.25) is 0 Å². The van der Waals surface area contributed by atoms with Crippen molar-refractivity contribution in [2.75, 3.05) is 10.0 Å². The van der Waals surface area contributed by atoms with Crippen molar-refractivity contribution in [3.63, 3.8) is 0 Å². The van der Waals surface area contributed by atoms with E-state index in [9.17, 15) is 0 Å². The number of nitrogens with zero attached hydrogens (tertiary/aromatic N) is 2. The molecule has 3 aliphatic rings. The molecule has 0 atom stereocenters. The van der Waals surface area contributed by atoms with E-state index in [1.165, 1.54) is 56.1 Å². The molecule has 0 radical (unpaired) electrons. The second kappa shape index (κ2) is 5.63. The molecule has 0 saturated heterocycles. The van der Waals surface area contributed by atoms with Crippen LogP contribution >= 0.6 is 0 Å². The van der Waals surface area contributed by atoms with Gasteiger partial charge in [-0.3, -0.25) is 0 Å². The van der Waals surface area contributed by atoms with Crippen LogP contribution in [0.1, 0.15) is 49.9 Å². The Morgan fingerprint density at radius 1 is 0.438 bits per heavy atom. The fraction of sp³-hybridized carbons (Fsp3) is 0.200. The molecule has 0 saturated carbocycles. The maximum absolute atomic E-state index is 2.49. The van der Waals surface area contributed by atoms with Crippen molar-refractivity contribution < 1.29 is 0 Å². The Bertz CT molecular complexity index is 1330. The maximum atomic E-state index is 2.49. The largest absolute Gasteiger partial charge is 0.248 e. The van der Waals surface area contributed by atoms with Gasteiger partial charge in [-0.15, -0.1) is 0 Å². The molecule has 3 aliphatic heterocycles. The molecule has 0 unspecified atom stereocenters. The van der Waals surface area contributed by atoms with E-state index < -0.39 is 0 Å². The number of hydrazine groups is 1. The number of anilines is 4. The second-order valence-electron chi connectivity index (χ2n) is 10.3. The fourth-order valence-electron chi connectivity index (χ4n) is 6.31. The number of hydrogen-bond acceptors (Lipinski definition) is 2. The molecule has 0 amide bonds. The number of benzene rings is 4. The smallest absolute Gasteiger partial charge is 0.0757 e. The minimum Gasteiger partial charge on any atom is -0.248 e. The molecular formula is C30H26N2. The molecular weight excluding hydrogens is 388 g/mol. The molecule has 0 bridgehead atoms. The molecule has 0 N–H and O–H groups in total. The van der Waals surface area contributed by atoms with Crippen LogP contribution in [-0.4, -0.2) is 0 Å². The second-order valence-corrected chi connectivity index (χ2v) is 10.3. The number of fused-ring (bicyclic) bond motifs is 6. The van der Waals surface area contributed by atoms with Gasteiger partial charge in [-0.25, -0.2) is 10.0 Å². The third-order valence-corrected chi connectivity index (χ3v) is 7.94. The lowest BCUT2D eigenvalue weighted by Gasteiger charge is -2.54. The van der Waals surface area contributed by atoms with Gasteiger partial charge in [0.15, 0.2) is 0 Å². The van der Waals surface area contributed by atoms with Gasteiger partial charge in [-0.2, -0.15) is 0 Å². The third kappa shape index (κ3) is 1.93. The molecule has 3 heterocycles. The molecule has 7 rings (SSSR count). The standard InChI is InChI=1S/C30H26N2/c1-29(2)21-13-5-7-17-25(21)31-27-19(11-9-15-23(27)29)20-12-10-16-24-28(20)32(31)26-18-8-6-14-22(26)30(24,3)4/h5-18H,1-4H3. The fourth-order valence-corrected chi connectivity index (χ4v) is 6.31. The predicted molar refractivity (Wildman–Crippen MR) is 133 cm³/mol. The van der Waals surface area contributed by atoms with Gasteiger partial charge in [0.05, 0.1) is 22.7 Å². The van der Waals surface area contributed by atoms with E-state index in [1.54, 1.807) is 0 Å². The van der Waals surface area contributed by atoms with Crippen molar-refractivity contribution in [2.24, 2.45) is 0 Å². The van der Waals surface area contributed by atoms with Crippen LogP contribution in [0.5, 0.6) is 0 Å². The van der Waals surface area contributed by atoms with Crippen LogP contribution in [0, 0.1) is 0 Å². The highest BCUT2D eigenvalue weighted by molar-refractivity contribution is 6.04. The Balaban J connectivity index is 1.69. The molecule has 4 aromatic carbocycles. The Hall–Kier alpha value is -3.52. The summed E-state index contributed by atoms with van der Waals surface area (Å²) in [6, 6.07) is 31.6. The Morgan fingerprint density at radius 2 is 0.812 bits per heavy atom. The molecule has 0 aromatic heterocycles. The van der Waals surface area contributed by atoms with Gasteiger partial charge in [0, 0.05) is 22.0 Å². The molecule has 4 aromatic rings. The van der Waals surface area contributed by atoms with Crippen LogP contribution in [0.3, 0.4) is 0 Å². The minimum atomic E-state index is -0.0673. The highest BCUT2D eigenvalue weighted by Gasteiger charge is 2.47. The van der Waals surface area contributed by atoms with Gasteiger partial charge in [-0.05, 0) is 34.4 Å². The van der Waals surface area contributed by atoms with Gasteiger partial charge >= 0.3 is 0 Å². The first-order chi connectivity index (χ1) is 15.4. The Labute approximate surface area is 189 Å². The zero-order chi connectivity index (χ0) is 21.8. The molecule has 2 nitrogen and oxygen atoms in total. The van der Waals surface area contributed by atoms with Gasteiger partial charge in [0.25, 0.3) is 0 Å². The van der Waals surface area contributed by atoms with Crippen molar-refractivity contribution in [3.8, 4) is 11.1 Å². The Morgan fingerprint density at radius 3 is 1.25 bits per heavy atom. The lowest BCUT2D eigenvalue weighted by molar-refractivity contribution is 0.607. The SMILES string of the molecule is CC1(C)c2ccccc2N2c3c(cccc31)-c1cccc3c1N2c1ccccc1C3(C)C. The summed E-state index contributed by atoms with van der Waals surface area (Å²) in [4.78, 5) is 0. The van der Waals surface area contributed by atoms with Gasteiger partial charge in [0.1, 0.15) is 0 Å². The average molecular weight is 415 g/mol. The van der Waals surface area contributed by atoms with Crippen molar-refractivity contribution in [3.05, 3.63) is 107 Å². The molecule has 156 valence electrons. The first-order valence-electron chi connectivity index (χ1n) is 11.5. The quantitative estimate of drug-likeness (QED) is 0.289. The van der Waals surface area contributed by atoms with Gasteiger partial charge in [-0.1, -0.05) is 100 Å². The lowest BCUT2D eigenvalue weighted by Crippen LogP contribution is -2.48. The van der Waals surface area contributed by atoms with Crippen LogP contribution in [0.15, 0.2) is 84.9 Å². The lowest BCUT2D eigenvalue weighted by atomic mass is 9.70. The number of hydrogen-bond donors (Lipinski definition) is 0. The van der Waals surface area contributed by atoms with E-state index >= 15 is 0 Å². The van der Waals surface area contributed by atoms with E-state index in [0.29, 0.717) is 0 Å². The first kappa shape index (κ1) is 18.1. The highest BCUT2D eigenvalue weighted by Crippen LogP contribution is 2.62. The monoisotopic (exact) mass is 414 g/mol. The van der Waals surface area contributed by atoms with E-state index in [0.717, 1.165) is 0 Å². The summed E-state index contributed by atoms with van der Waals surface area (Å²) in [7, 11) is 0. The number of para-hydroxylation sites is 4. The topological polar surface area (TPSA) is 6.48 Å². The van der Waals surface area contributed by atoms with Crippen LogP contribution in [-0.2, 0) is 10.8 Å². The molecule has 2 heteroatoms. The van der Waals surface area contributed by atoms with Crippen molar-refractivity contribution in [1.82, 2.24) is 0 Å². The predicted octanol–water partition coefficient (Wildman–Crippen LogP) is 7.84. The zero-order valence-electron chi connectivity index (χ0n) is 19.0. The number of rotatable bonds is 0. The van der Waals surface area contributed by atoms with Crippen LogP contribution in [0.4, 0.5) is 22.7 Å². The van der Waals surface area contributed by atoms with Crippen LogP contribution < -0.4 is 10.0 Å². The molecule has 0 fully saturated rings. The zero-order valence-corrected chi connectivity index (χ0v) is 19.0. The van der Waals surface area contributed by atoms with Crippen LogP contribution in [0.25, 0.3) is 11.1 Å². The van der Waals surface area contributed by atoms with E-state index in [4.69, 9.17) is 0 Å². The molecule has 0 aliphatic carbocycles. The van der Waals surface area contributed by atoms with Crippen molar-refractivity contribution >= 4 is 22.7 Å². The summed E-state index contributed by atoms with van der Waals surface area (Å²) in [5.74, 6) is 0. The summed E-state index contributed by atoms with van der Waals surface area (Å²) in [5.41, 5.74) is 13.2. The normalized spacial score (nSPS) is 17.8. The highest BCUT2D eigenvalue weighted by atomic mass is 15.6. The maximum Gasteiger partial charge on any atom is 0.0757 e. The van der Waals surface area contributed by atoms with E-state index in [2.05, 4.69) is 123 Å². The van der Waals surface area contributed by atoms with E-state index in [1.807, 2.05) is 0 Å². The summed E-state index contributed by atoms with van der Waals surface area (Å²) >= 11 is 0. The Kier molecular flexibility index (Phi) is 3.19. The summed E-state index contributed by atoms with van der Waals surface area (Å²) in [5, 5.41) is 4.98. The summed E-state index contributed by atoms with van der Waals surface area (Å²) in [6.45, 7) is 9.44. The summed E-state index contributed by atoms with van der Waals surface area (Å²) in [6.07, 6.45) is 0.